The molecule has 108 valence electrons. The lowest BCUT2D eigenvalue weighted by atomic mass is 10.1. The Hall–Kier alpha value is -2.55. The summed E-state index contributed by atoms with van der Waals surface area (Å²) in [5.74, 6) is 6.89. The normalized spacial score (nSPS) is 15.2. The lowest BCUT2D eigenvalue weighted by Crippen LogP contribution is -2.17. The number of hydrogen-bond donors (Lipinski definition) is 2. The summed E-state index contributed by atoms with van der Waals surface area (Å²) in [6, 6.07) is 6.08. The van der Waals surface area contributed by atoms with Crippen LogP contribution in [0.1, 0.15) is 43.0 Å². The maximum Gasteiger partial charge on any atom is 0.150 e. The van der Waals surface area contributed by atoms with Crippen LogP contribution in [0.4, 0.5) is 10.2 Å². The third-order valence-electron chi connectivity index (χ3n) is 4.06. The summed E-state index contributed by atoms with van der Waals surface area (Å²) in [6.45, 7) is 0. The first-order valence-electron chi connectivity index (χ1n) is 6.95. The van der Waals surface area contributed by atoms with Gasteiger partial charge in [-0.3, -0.25) is 0 Å². The minimum Gasteiger partial charge on any atom is -0.382 e. The third-order valence-corrected chi connectivity index (χ3v) is 4.06. The fourth-order valence-electron chi connectivity index (χ4n) is 2.91. The average molecular weight is 285 g/mol. The van der Waals surface area contributed by atoms with Crippen LogP contribution in [0.25, 0.3) is 11.3 Å². The second-order valence-corrected chi connectivity index (χ2v) is 5.36. The lowest BCUT2D eigenvalue weighted by molar-refractivity contribution is 0.624. The number of benzene rings is 1. The van der Waals surface area contributed by atoms with Gasteiger partial charge in [-0.1, -0.05) is 12.8 Å². The number of nitrogen functional groups attached to an aromatic ring is 2. The summed E-state index contributed by atoms with van der Waals surface area (Å²) >= 11 is 0. The number of hydrogen-bond acceptors (Lipinski definition) is 4. The van der Waals surface area contributed by atoms with Gasteiger partial charge in [0.2, 0.25) is 0 Å². The first kappa shape index (κ1) is 13.4. The number of anilines is 1. The SMILES string of the molecule is N#Cc1cc(-c2nc(C3CCCC3)n(N)c2N)ccc1F. The summed E-state index contributed by atoms with van der Waals surface area (Å²) in [5.41, 5.74) is 7.12. The molecule has 1 fully saturated rings. The van der Waals surface area contributed by atoms with Crippen LogP contribution in [0.3, 0.4) is 0 Å². The topological polar surface area (TPSA) is 93.6 Å². The maximum absolute atomic E-state index is 13.4. The summed E-state index contributed by atoms with van der Waals surface area (Å²) in [7, 11) is 0. The summed E-state index contributed by atoms with van der Waals surface area (Å²) in [6.07, 6.45) is 4.45. The van der Waals surface area contributed by atoms with Gasteiger partial charge in [-0.2, -0.15) is 5.26 Å². The van der Waals surface area contributed by atoms with E-state index in [-0.39, 0.29) is 5.56 Å². The van der Waals surface area contributed by atoms with Crippen molar-refractivity contribution in [3.63, 3.8) is 0 Å². The molecule has 3 rings (SSSR count). The minimum atomic E-state index is -0.553. The molecule has 0 bridgehead atoms. The molecule has 1 aromatic carbocycles. The predicted molar refractivity (Wildman–Crippen MR) is 78.1 cm³/mol. The van der Waals surface area contributed by atoms with Crippen LogP contribution in [0.5, 0.6) is 0 Å². The smallest absolute Gasteiger partial charge is 0.150 e. The third kappa shape index (κ3) is 2.21. The van der Waals surface area contributed by atoms with E-state index in [4.69, 9.17) is 16.8 Å². The number of nitrogens with two attached hydrogens (primary N) is 2. The zero-order valence-electron chi connectivity index (χ0n) is 11.5. The van der Waals surface area contributed by atoms with Crippen LogP contribution in [0.15, 0.2) is 18.2 Å². The highest BCUT2D eigenvalue weighted by molar-refractivity contribution is 5.72. The number of aromatic nitrogens is 2. The van der Waals surface area contributed by atoms with Crippen molar-refractivity contribution in [3.8, 4) is 17.3 Å². The number of halogens is 1. The number of nitriles is 1. The van der Waals surface area contributed by atoms with Crippen LogP contribution in [0, 0.1) is 17.1 Å². The highest BCUT2D eigenvalue weighted by Gasteiger charge is 2.25. The standard InChI is InChI=1S/C15H16FN5/c16-12-6-5-10(7-11(12)8-17)13-14(18)21(19)15(20-13)9-3-1-2-4-9/h5-7,9H,1-4,18-19H2. The van der Waals surface area contributed by atoms with Crippen LogP contribution in [0.2, 0.25) is 0 Å². The minimum absolute atomic E-state index is 0.0270. The Bertz CT molecular complexity index is 722. The van der Waals surface area contributed by atoms with Gasteiger partial charge in [0.15, 0.2) is 5.82 Å². The molecule has 0 radical (unpaired) electrons. The van der Waals surface area contributed by atoms with Crippen molar-refractivity contribution in [1.82, 2.24) is 9.66 Å². The molecule has 0 aliphatic heterocycles. The highest BCUT2D eigenvalue weighted by Crippen LogP contribution is 2.36. The van der Waals surface area contributed by atoms with Crippen LogP contribution >= 0.6 is 0 Å². The Balaban J connectivity index is 2.07. The Labute approximate surface area is 122 Å². The van der Waals surface area contributed by atoms with E-state index in [1.165, 1.54) is 29.7 Å². The monoisotopic (exact) mass is 285 g/mol. The van der Waals surface area contributed by atoms with E-state index in [1.54, 1.807) is 6.07 Å². The molecule has 2 aromatic rings. The van der Waals surface area contributed by atoms with Crippen LogP contribution < -0.4 is 11.6 Å². The van der Waals surface area contributed by atoms with E-state index < -0.39 is 5.82 Å². The summed E-state index contributed by atoms with van der Waals surface area (Å²) in [5, 5.41) is 8.92. The Morgan fingerprint density at radius 2 is 2.05 bits per heavy atom. The zero-order valence-corrected chi connectivity index (χ0v) is 11.5. The second kappa shape index (κ2) is 5.09. The Morgan fingerprint density at radius 3 is 2.71 bits per heavy atom. The van der Waals surface area contributed by atoms with Gasteiger partial charge in [-0.05, 0) is 31.0 Å². The average Bonchev–Trinajstić information content (AvgIpc) is 3.10. The largest absolute Gasteiger partial charge is 0.382 e. The van der Waals surface area contributed by atoms with Gasteiger partial charge in [0.05, 0.1) is 5.56 Å². The molecule has 0 amide bonds. The van der Waals surface area contributed by atoms with Gasteiger partial charge < -0.3 is 11.6 Å². The van der Waals surface area contributed by atoms with Crippen molar-refractivity contribution in [2.45, 2.75) is 31.6 Å². The van der Waals surface area contributed by atoms with Crippen molar-refractivity contribution in [2.24, 2.45) is 0 Å². The molecule has 1 aromatic heterocycles. The van der Waals surface area contributed by atoms with E-state index in [1.807, 2.05) is 6.07 Å². The molecule has 0 spiro atoms. The number of imidazole rings is 1. The van der Waals surface area contributed by atoms with Gasteiger partial charge in [-0.25, -0.2) is 14.1 Å². The van der Waals surface area contributed by atoms with Gasteiger partial charge in [0.1, 0.15) is 23.4 Å². The maximum atomic E-state index is 13.4. The molecule has 1 aliphatic carbocycles. The first-order valence-corrected chi connectivity index (χ1v) is 6.95. The van der Waals surface area contributed by atoms with Crippen molar-refractivity contribution in [1.29, 1.82) is 5.26 Å². The quantitative estimate of drug-likeness (QED) is 0.829. The van der Waals surface area contributed by atoms with Crippen molar-refractivity contribution < 1.29 is 4.39 Å². The molecule has 21 heavy (non-hydrogen) atoms. The van der Waals surface area contributed by atoms with Crippen molar-refractivity contribution >= 4 is 5.82 Å². The highest BCUT2D eigenvalue weighted by atomic mass is 19.1. The van der Waals surface area contributed by atoms with Gasteiger partial charge in [0, 0.05) is 11.5 Å². The van der Waals surface area contributed by atoms with Gasteiger partial charge in [-0.15, -0.1) is 0 Å². The molecular weight excluding hydrogens is 269 g/mol. The van der Waals surface area contributed by atoms with E-state index in [2.05, 4.69) is 4.98 Å². The molecule has 1 saturated carbocycles. The zero-order chi connectivity index (χ0) is 15.0. The molecule has 0 saturated heterocycles. The van der Waals surface area contributed by atoms with Crippen LogP contribution in [-0.4, -0.2) is 9.66 Å². The molecule has 5 nitrogen and oxygen atoms in total. The van der Waals surface area contributed by atoms with Gasteiger partial charge >= 0.3 is 0 Å². The fraction of sp³-hybridized carbons (Fsp3) is 0.333. The number of nitrogens with zero attached hydrogens (tertiary/aromatic N) is 3. The van der Waals surface area contributed by atoms with E-state index in [9.17, 15) is 4.39 Å². The van der Waals surface area contributed by atoms with E-state index in [0.29, 0.717) is 23.0 Å². The predicted octanol–water partition coefficient (Wildman–Crippen LogP) is 2.51. The first-order chi connectivity index (χ1) is 10.1. The second-order valence-electron chi connectivity index (χ2n) is 5.36. The molecule has 4 N–H and O–H groups in total. The fourth-order valence-corrected chi connectivity index (χ4v) is 2.91. The summed E-state index contributed by atoms with van der Waals surface area (Å²) in [4.78, 5) is 4.55. The molecule has 0 unspecified atom stereocenters. The Kier molecular flexibility index (Phi) is 3.26. The summed E-state index contributed by atoms with van der Waals surface area (Å²) < 4.78 is 14.8. The molecule has 0 atom stereocenters. The molecule has 6 heteroatoms. The van der Waals surface area contributed by atoms with Crippen molar-refractivity contribution in [2.75, 3.05) is 11.6 Å². The van der Waals surface area contributed by atoms with E-state index in [0.717, 1.165) is 18.7 Å². The Morgan fingerprint density at radius 1 is 1.33 bits per heavy atom. The lowest BCUT2D eigenvalue weighted by Gasteiger charge is -2.08. The molecule has 1 heterocycles. The van der Waals surface area contributed by atoms with Gasteiger partial charge in [0.25, 0.3) is 0 Å². The van der Waals surface area contributed by atoms with Crippen LogP contribution in [-0.2, 0) is 0 Å². The van der Waals surface area contributed by atoms with Crippen molar-refractivity contribution in [3.05, 3.63) is 35.4 Å². The molecule has 1 aliphatic rings. The molecular formula is C15H16FN5. The number of rotatable bonds is 2. The van der Waals surface area contributed by atoms with E-state index >= 15 is 0 Å².